The molecule has 0 saturated carbocycles. The fraction of sp³-hybridized carbons (Fsp3) is 0.267. The Morgan fingerprint density at radius 1 is 1.23 bits per heavy atom. The van der Waals surface area contributed by atoms with Crippen molar-refractivity contribution in [3.8, 4) is 11.8 Å². The van der Waals surface area contributed by atoms with E-state index in [9.17, 15) is 36.4 Å². The van der Waals surface area contributed by atoms with Gasteiger partial charge in [-0.15, -0.1) is 11.6 Å². The molecule has 1 N–H and O–H groups in total. The summed E-state index contributed by atoms with van der Waals surface area (Å²) >= 11 is 16.6. The van der Waals surface area contributed by atoms with Gasteiger partial charge in [0.1, 0.15) is 17.1 Å². The first-order valence-corrected chi connectivity index (χ1v) is 9.47. The third kappa shape index (κ3) is 5.46. The van der Waals surface area contributed by atoms with E-state index >= 15 is 0 Å². The number of nitrogens with one attached hydrogen (secondary N) is 1. The molecule has 1 aromatic carbocycles. The zero-order valence-electron chi connectivity index (χ0n) is 14.3. The monoisotopic (exact) mass is 510 g/mol. The van der Waals surface area contributed by atoms with E-state index in [0.29, 0.717) is 16.8 Å². The molecule has 0 aliphatic heterocycles. The summed E-state index contributed by atoms with van der Waals surface area (Å²) in [4.78, 5) is 11.2. The fourth-order valence-electron chi connectivity index (χ4n) is 2.11. The smallest absolute Gasteiger partial charge is 0.308 e. The number of thioether (sulfide) groups is 1. The third-order valence-corrected chi connectivity index (χ3v) is 4.92. The Kier molecular flexibility index (Phi) is 7.13. The standard InChI is InChI=1S/C15H7Cl3F6N4OS/c1-5(16)13(29)26-12-11(30-15(22,23)24)9(4-25)27-28(12)10-7(17)2-6(3-8(10)18)14(19,20)21/h2-3,5H,1H3,(H,26,29). The predicted octanol–water partition coefficient (Wildman–Crippen LogP) is 6.25. The lowest BCUT2D eigenvalue weighted by Crippen LogP contribution is -2.23. The van der Waals surface area contributed by atoms with E-state index in [-0.39, 0.29) is 0 Å². The van der Waals surface area contributed by atoms with Gasteiger partial charge >= 0.3 is 11.7 Å². The summed E-state index contributed by atoms with van der Waals surface area (Å²) in [5, 5.41) is 12.4. The highest BCUT2D eigenvalue weighted by molar-refractivity contribution is 8.00. The molecule has 1 unspecified atom stereocenters. The molecule has 1 aromatic heterocycles. The quantitative estimate of drug-likeness (QED) is 0.299. The summed E-state index contributed by atoms with van der Waals surface area (Å²) in [5.41, 5.74) is -7.37. The molecule has 15 heteroatoms. The van der Waals surface area contributed by atoms with Crippen molar-refractivity contribution in [1.82, 2.24) is 9.78 Å². The van der Waals surface area contributed by atoms with Gasteiger partial charge in [-0.1, -0.05) is 23.2 Å². The molecule has 5 nitrogen and oxygen atoms in total. The highest BCUT2D eigenvalue weighted by Gasteiger charge is 2.37. The second kappa shape index (κ2) is 8.74. The van der Waals surface area contributed by atoms with E-state index < -0.39 is 72.4 Å². The van der Waals surface area contributed by atoms with E-state index in [4.69, 9.17) is 34.8 Å². The van der Waals surface area contributed by atoms with Gasteiger partial charge in [-0.05, 0) is 30.8 Å². The number of aromatic nitrogens is 2. The highest BCUT2D eigenvalue weighted by Crippen LogP contribution is 2.45. The van der Waals surface area contributed by atoms with Crippen molar-refractivity contribution in [1.29, 1.82) is 5.26 Å². The van der Waals surface area contributed by atoms with Crippen LogP contribution in [0.1, 0.15) is 18.2 Å². The Hall–Kier alpha value is -1.81. The van der Waals surface area contributed by atoms with Crippen LogP contribution in [0.25, 0.3) is 5.69 Å². The van der Waals surface area contributed by atoms with Gasteiger partial charge in [0.2, 0.25) is 5.91 Å². The molecule has 0 fully saturated rings. The normalized spacial score (nSPS) is 13.1. The Bertz CT molecular complexity index is 1010. The van der Waals surface area contributed by atoms with Gasteiger partial charge in [0.05, 0.1) is 20.5 Å². The number of hydrogen-bond donors (Lipinski definition) is 1. The maximum Gasteiger partial charge on any atom is 0.446 e. The van der Waals surface area contributed by atoms with Crippen molar-refractivity contribution in [2.75, 3.05) is 5.32 Å². The Morgan fingerprint density at radius 2 is 1.77 bits per heavy atom. The number of nitriles is 1. The van der Waals surface area contributed by atoms with E-state index in [1.165, 1.54) is 13.0 Å². The Balaban J connectivity index is 2.80. The highest BCUT2D eigenvalue weighted by atomic mass is 35.5. The molecule has 0 aliphatic rings. The van der Waals surface area contributed by atoms with Crippen LogP contribution in [0.2, 0.25) is 10.0 Å². The number of hydrogen-bond acceptors (Lipinski definition) is 4. The van der Waals surface area contributed by atoms with Crippen molar-refractivity contribution >= 4 is 58.3 Å². The summed E-state index contributed by atoms with van der Waals surface area (Å²) in [6, 6.07) is 2.37. The van der Waals surface area contributed by atoms with Crippen LogP contribution in [0, 0.1) is 11.3 Å². The molecule has 1 heterocycles. The minimum Gasteiger partial charge on any atom is -0.308 e. The largest absolute Gasteiger partial charge is 0.446 e. The number of carbonyl (C=O) groups is 1. The van der Waals surface area contributed by atoms with Crippen LogP contribution in [-0.2, 0) is 11.0 Å². The van der Waals surface area contributed by atoms with E-state index in [2.05, 4.69) is 10.4 Å². The Morgan fingerprint density at radius 3 is 2.17 bits per heavy atom. The zero-order chi connectivity index (χ0) is 23.0. The molecule has 0 radical (unpaired) electrons. The maximum atomic E-state index is 13.0. The molecule has 1 atom stereocenters. The number of amides is 1. The minimum absolute atomic E-state index is 0.475. The molecule has 162 valence electrons. The van der Waals surface area contributed by atoms with Gasteiger partial charge in [0, 0.05) is 0 Å². The summed E-state index contributed by atoms with van der Waals surface area (Å²) in [5.74, 6) is -1.65. The SMILES string of the molecule is CC(Cl)C(=O)Nc1c(SC(F)(F)F)c(C#N)nn1-c1c(Cl)cc(C(F)(F)F)cc1Cl. The van der Waals surface area contributed by atoms with Crippen molar-refractivity contribution < 1.29 is 31.1 Å². The first kappa shape index (κ1) is 24.5. The Labute approximate surface area is 183 Å². The number of anilines is 1. The maximum absolute atomic E-state index is 13.0. The lowest BCUT2D eigenvalue weighted by atomic mass is 10.2. The van der Waals surface area contributed by atoms with Gasteiger partial charge in [-0.2, -0.15) is 36.7 Å². The molecule has 2 aromatic rings. The van der Waals surface area contributed by atoms with Crippen molar-refractivity contribution in [3.63, 3.8) is 0 Å². The van der Waals surface area contributed by atoms with Crippen molar-refractivity contribution in [2.45, 2.75) is 28.9 Å². The molecule has 2 rings (SSSR count). The summed E-state index contributed by atoms with van der Waals surface area (Å²) in [6.45, 7) is 1.22. The molecule has 30 heavy (non-hydrogen) atoms. The van der Waals surface area contributed by atoms with Gasteiger partial charge in [0.25, 0.3) is 0 Å². The average Bonchev–Trinajstić information content (AvgIpc) is 2.89. The second-order valence-corrected chi connectivity index (χ2v) is 8.03. The topological polar surface area (TPSA) is 70.7 Å². The van der Waals surface area contributed by atoms with Crippen molar-refractivity contribution in [3.05, 3.63) is 33.4 Å². The van der Waals surface area contributed by atoms with E-state index in [0.717, 1.165) is 0 Å². The van der Waals surface area contributed by atoms with Crippen LogP contribution < -0.4 is 5.32 Å². The second-order valence-electron chi connectivity index (χ2n) is 5.49. The fourth-order valence-corrected chi connectivity index (χ4v) is 3.46. The molecule has 0 saturated heterocycles. The molecular formula is C15H7Cl3F6N4OS. The van der Waals surface area contributed by atoms with Crippen LogP contribution >= 0.6 is 46.6 Å². The summed E-state index contributed by atoms with van der Waals surface area (Å²) in [7, 11) is 0. The van der Waals surface area contributed by atoms with Gasteiger partial charge in [-0.3, -0.25) is 4.79 Å². The number of carbonyl (C=O) groups excluding carboxylic acids is 1. The molecule has 0 aliphatic carbocycles. The molecular weight excluding hydrogens is 505 g/mol. The summed E-state index contributed by atoms with van der Waals surface area (Å²) < 4.78 is 78.4. The lowest BCUT2D eigenvalue weighted by molar-refractivity contribution is -0.137. The van der Waals surface area contributed by atoms with E-state index in [1.807, 2.05) is 0 Å². The number of benzene rings is 1. The molecule has 1 amide bonds. The average molecular weight is 512 g/mol. The van der Waals surface area contributed by atoms with Gasteiger partial charge in [0.15, 0.2) is 11.5 Å². The van der Waals surface area contributed by atoms with Crippen LogP contribution in [0.4, 0.5) is 32.2 Å². The number of alkyl halides is 7. The van der Waals surface area contributed by atoms with Crippen LogP contribution in [0.5, 0.6) is 0 Å². The first-order valence-electron chi connectivity index (χ1n) is 7.46. The van der Waals surface area contributed by atoms with Gasteiger partial charge in [-0.25, -0.2) is 4.68 Å². The van der Waals surface area contributed by atoms with Crippen LogP contribution in [0.15, 0.2) is 17.0 Å². The molecule has 0 spiro atoms. The van der Waals surface area contributed by atoms with E-state index in [1.54, 1.807) is 0 Å². The lowest BCUT2D eigenvalue weighted by Gasteiger charge is -2.16. The number of nitrogens with zero attached hydrogens (tertiary/aromatic N) is 3. The molecule has 0 bridgehead atoms. The number of rotatable bonds is 4. The van der Waals surface area contributed by atoms with Crippen molar-refractivity contribution in [2.24, 2.45) is 0 Å². The summed E-state index contributed by atoms with van der Waals surface area (Å²) in [6.07, 6.45) is -4.81. The minimum atomic E-state index is -4.89. The predicted molar refractivity (Wildman–Crippen MR) is 99.2 cm³/mol. The van der Waals surface area contributed by atoms with Crippen LogP contribution in [-0.4, -0.2) is 26.6 Å². The first-order chi connectivity index (χ1) is 13.7. The van der Waals surface area contributed by atoms with Gasteiger partial charge < -0.3 is 5.32 Å². The zero-order valence-corrected chi connectivity index (χ0v) is 17.4. The number of halogens is 9. The van der Waals surface area contributed by atoms with Crippen LogP contribution in [0.3, 0.4) is 0 Å². The third-order valence-electron chi connectivity index (χ3n) is 3.32.